The number of nitrogens with zero attached hydrogens (tertiary/aromatic N) is 1. The van der Waals surface area contributed by atoms with Gasteiger partial charge in [-0.25, -0.2) is 0 Å². The Balaban J connectivity index is 3.87. The normalized spacial score (nSPS) is 13.9. The molecular weight excluding hydrogens is 244 g/mol. The summed E-state index contributed by atoms with van der Waals surface area (Å²) < 4.78 is 0. The smallest absolute Gasteiger partial charge is 0.303 e. The minimum atomic E-state index is -0.745. The molecule has 2 N–H and O–H groups in total. The second-order valence-electron chi connectivity index (χ2n) is 5.01. The number of likely N-dealkylation sites (N-methyl/N-ethyl adjacent to an activating group) is 1. The van der Waals surface area contributed by atoms with Gasteiger partial charge >= 0.3 is 5.97 Å². The van der Waals surface area contributed by atoms with Gasteiger partial charge in [-0.2, -0.15) is 0 Å². The molecule has 0 heterocycles. The average Bonchev–Trinajstić information content (AvgIpc) is 2.37. The zero-order chi connectivity index (χ0) is 14.8. The molecule has 0 saturated heterocycles. The van der Waals surface area contributed by atoms with Crippen LogP contribution in [-0.2, 0) is 9.59 Å². The summed E-state index contributed by atoms with van der Waals surface area (Å²) in [6, 6.07) is -0.174. The molecule has 1 amide bonds. The number of rotatable bonds is 10. The lowest BCUT2D eigenvalue weighted by atomic mass is 10.0. The summed E-state index contributed by atoms with van der Waals surface area (Å²) in [7, 11) is 0. The van der Waals surface area contributed by atoms with Gasteiger partial charge in [-0.3, -0.25) is 9.59 Å². The molecule has 19 heavy (non-hydrogen) atoms. The first-order valence-electron chi connectivity index (χ1n) is 7.16. The summed E-state index contributed by atoms with van der Waals surface area (Å²) in [5, 5.41) is 11.8. The third-order valence-corrected chi connectivity index (χ3v) is 3.38. The van der Waals surface area contributed by atoms with Crippen LogP contribution < -0.4 is 5.32 Å². The molecule has 2 unspecified atom stereocenters. The number of hydrogen-bond donors (Lipinski definition) is 2. The molecule has 0 rings (SSSR count). The van der Waals surface area contributed by atoms with Crippen molar-refractivity contribution in [2.75, 3.05) is 19.6 Å². The third-order valence-electron chi connectivity index (χ3n) is 3.38. The Bertz CT molecular complexity index is 278. The maximum absolute atomic E-state index is 12.0. The van der Waals surface area contributed by atoms with Crippen LogP contribution in [0.4, 0.5) is 0 Å². The Kier molecular flexibility index (Phi) is 9.21. The van der Waals surface area contributed by atoms with Crippen molar-refractivity contribution in [2.24, 2.45) is 5.92 Å². The quantitative estimate of drug-likeness (QED) is 0.635. The summed E-state index contributed by atoms with van der Waals surface area (Å²) in [5.41, 5.74) is 0. The van der Waals surface area contributed by atoms with E-state index in [1.54, 1.807) is 0 Å². The van der Waals surface area contributed by atoms with E-state index in [9.17, 15) is 9.59 Å². The molecule has 0 aliphatic rings. The van der Waals surface area contributed by atoms with Gasteiger partial charge in [0.25, 0.3) is 0 Å². The van der Waals surface area contributed by atoms with Crippen LogP contribution in [0.15, 0.2) is 0 Å². The third kappa shape index (κ3) is 7.82. The maximum Gasteiger partial charge on any atom is 0.303 e. The molecule has 0 aromatic carbocycles. The number of amides is 1. The lowest BCUT2D eigenvalue weighted by Crippen LogP contribution is -2.45. The lowest BCUT2D eigenvalue weighted by molar-refractivity contribution is -0.137. The number of carbonyl (C=O) groups excluding carboxylic acids is 1. The highest BCUT2D eigenvalue weighted by Crippen LogP contribution is 2.09. The predicted octanol–water partition coefficient (Wildman–Crippen LogP) is 1.72. The average molecular weight is 272 g/mol. The molecule has 0 saturated carbocycles. The van der Waals surface area contributed by atoms with Crippen LogP contribution in [0.25, 0.3) is 0 Å². The first-order valence-corrected chi connectivity index (χ1v) is 7.16. The predicted molar refractivity (Wildman–Crippen MR) is 76.0 cm³/mol. The fourth-order valence-electron chi connectivity index (χ4n) is 1.96. The van der Waals surface area contributed by atoms with Crippen LogP contribution in [0.2, 0.25) is 0 Å². The van der Waals surface area contributed by atoms with Gasteiger partial charge in [0.05, 0.1) is 6.04 Å². The van der Waals surface area contributed by atoms with Crippen LogP contribution in [0.1, 0.15) is 47.0 Å². The van der Waals surface area contributed by atoms with Crippen molar-refractivity contribution in [3.63, 3.8) is 0 Å². The van der Waals surface area contributed by atoms with E-state index < -0.39 is 5.97 Å². The van der Waals surface area contributed by atoms with Crippen molar-refractivity contribution in [3.05, 3.63) is 0 Å². The van der Waals surface area contributed by atoms with E-state index in [2.05, 4.69) is 5.32 Å². The molecule has 0 bridgehead atoms. The van der Waals surface area contributed by atoms with Crippen molar-refractivity contribution < 1.29 is 14.7 Å². The maximum atomic E-state index is 12.0. The van der Waals surface area contributed by atoms with Crippen molar-refractivity contribution in [2.45, 2.75) is 53.0 Å². The number of carboxylic acid groups (broad SMARTS) is 1. The van der Waals surface area contributed by atoms with Gasteiger partial charge in [0.2, 0.25) is 5.91 Å². The van der Waals surface area contributed by atoms with E-state index in [0.717, 1.165) is 26.1 Å². The van der Waals surface area contributed by atoms with E-state index in [1.807, 2.05) is 32.6 Å². The Morgan fingerprint density at radius 3 is 2.21 bits per heavy atom. The van der Waals surface area contributed by atoms with E-state index in [4.69, 9.17) is 5.11 Å². The highest BCUT2D eigenvalue weighted by Gasteiger charge is 2.17. The molecule has 2 atom stereocenters. The topological polar surface area (TPSA) is 69.6 Å². The number of nitrogens with one attached hydrogen (secondary N) is 1. The van der Waals surface area contributed by atoms with E-state index in [-0.39, 0.29) is 18.4 Å². The zero-order valence-corrected chi connectivity index (χ0v) is 12.6. The number of aliphatic carboxylic acids is 1. The van der Waals surface area contributed by atoms with Gasteiger partial charge in [0, 0.05) is 19.5 Å². The molecule has 0 aliphatic carbocycles. The van der Waals surface area contributed by atoms with Crippen LogP contribution in [-0.4, -0.2) is 47.6 Å². The summed E-state index contributed by atoms with van der Waals surface area (Å²) in [6.45, 7) is 10.1. The SMILES string of the molecule is CCN(CC)C(=O)C(C)NCCC(C)CCC(=O)O. The molecule has 0 aromatic heterocycles. The summed E-state index contributed by atoms with van der Waals surface area (Å²) >= 11 is 0. The van der Waals surface area contributed by atoms with Crippen molar-refractivity contribution in [3.8, 4) is 0 Å². The molecular formula is C14H28N2O3. The second kappa shape index (κ2) is 9.78. The molecule has 0 aromatic rings. The minimum absolute atomic E-state index is 0.128. The first kappa shape index (κ1) is 17.9. The number of hydrogen-bond acceptors (Lipinski definition) is 3. The van der Waals surface area contributed by atoms with Gasteiger partial charge < -0.3 is 15.3 Å². The monoisotopic (exact) mass is 272 g/mol. The Morgan fingerprint density at radius 1 is 1.16 bits per heavy atom. The fraction of sp³-hybridized carbons (Fsp3) is 0.857. The van der Waals surface area contributed by atoms with Crippen molar-refractivity contribution in [1.82, 2.24) is 10.2 Å². The fourth-order valence-corrected chi connectivity index (χ4v) is 1.96. The van der Waals surface area contributed by atoms with Gasteiger partial charge in [-0.15, -0.1) is 0 Å². The Morgan fingerprint density at radius 2 is 1.74 bits per heavy atom. The van der Waals surface area contributed by atoms with Gasteiger partial charge in [-0.05, 0) is 46.1 Å². The second-order valence-corrected chi connectivity index (χ2v) is 5.01. The van der Waals surface area contributed by atoms with E-state index in [1.165, 1.54) is 0 Å². The molecule has 0 aliphatic heterocycles. The number of carboxylic acids is 1. The largest absolute Gasteiger partial charge is 0.481 e. The molecule has 5 nitrogen and oxygen atoms in total. The van der Waals surface area contributed by atoms with Crippen LogP contribution in [0, 0.1) is 5.92 Å². The zero-order valence-electron chi connectivity index (χ0n) is 12.6. The molecule has 0 spiro atoms. The summed E-state index contributed by atoms with van der Waals surface area (Å²) in [5.74, 6) is -0.257. The van der Waals surface area contributed by atoms with Gasteiger partial charge in [0.1, 0.15) is 0 Å². The van der Waals surface area contributed by atoms with E-state index in [0.29, 0.717) is 12.3 Å². The van der Waals surface area contributed by atoms with Crippen LogP contribution >= 0.6 is 0 Å². The number of carbonyl (C=O) groups is 2. The van der Waals surface area contributed by atoms with Crippen LogP contribution in [0.3, 0.4) is 0 Å². The highest BCUT2D eigenvalue weighted by atomic mass is 16.4. The molecule has 0 fully saturated rings. The van der Waals surface area contributed by atoms with Gasteiger partial charge in [0.15, 0.2) is 0 Å². The summed E-state index contributed by atoms with van der Waals surface area (Å²) in [4.78, 5) is 24.2. The van der Waals surface area contributed by atoms with Crippen molar-refractivity contribution in [1.29, 1.82) is 0 Å². The first-order chi connectivity index (χ1) is 8.92. The van der Waals surface area contributed by atoms with Gasteiger partial charge in [-0.1, -0.05) is 6.92 Å². The standard InChI is InChI=1S/C14H28N2O3/c1-5-16(6-2)14(19)12(4)15-10-9-11(3)7-8-13(17)18/h11-12,15H,5-10H2,1-4H3,(H,17,18). The van der Waals surface area contributed by atoms with E-state index >= 15 is 0 Å². The molecule has 0 radical (unpaired) electrons. The Hall–Kier alpha value is -1.10. The minimum Gasteiger partial charge on any atom is -0.481 e. The van der Waals surface area contributed by atoms with Crippen LogP contribution in [0.5, 0.6) is 0 Å². The summed E-state index contributed by atoms with van der Waals surface area (Å²) in [6.07, 6.45) is 1.80. The van der Waals surface area contributed by atoms with Crippen molar-refractivity contribution >= 4 is 11.9 Å². The molecule has 112 valence electrons. The Labute approximate surface area is 116 Å². The lowest BCUT2D eigenvalue weighted by Gasteiger charge is -2.24. The highest BCUT2D eigenvalue weighted by molar-refractivity contribution is 5.81. The molecule has 5 heteroatoms.